The highest BCUT2D eigenvalue weighted by Gasteiger charge is 2.73. The first-order valence-corrected chi connectivity index (χ1v) is 9.67. The zero-order valence-electron chi connectivity index (χ0n) is 15.5. The predicted octanol–water partition coefficient (Wildman–Crippen LogP) is 2.09. The quantitative estimate of drug-likeness (QED) is 0.720. The van der Waals surface area contributed by atoms with Crippen LogP contribution < -0.4 is 0 Å². The van der Waals surface area contributed by atoms with Gasteiger partial charge in [-0.15, -0.1) is 0 Å². The monoisotopic (exact) mass is 362 g/mol. The van der Waals surface area contributed by atoms with Gasteiger partial charge in [-0.3, -0.25) is 4.79 Å². The van der Waals surface area contributed by atoms with Crippen molar-refractivity contribution < 1.29 is 28.9 Å². The van der Waals surface area contributed by atoms with Crippen molar-refractivity contribution in [3.8, 4) is 0 Å². The normalized spacial score (nSPS) is 55.1. The molecule has 0 spiro atoms. The molecule has 0 aromatic heterocycles. The van der Waals surface area contributed by atoms with Crippen LogP contribution in [0.15, 0.2) is 11.6 Å². The van der Waals surface area contributed by atoms with Gasteiger partial charge in [0.2, 0.25) is 6.29 Å². The van der Waals surface area contributed by atoms with Crippen LogP contribution in [0.3, 0.4) is 0 Å². The summed E-state index contributed by atoms with van der Waals surface area (Å²) in [7, 11) is 0. The Morgan fingerprint density at radius 3 is 2.58 bits per heavy atom. The van der Waals surface area contributed by atoms with E-state index in [4.69, 9.17) is 14.2 Å². The number of aliphatic hydroxyl groups excluding tert-OH is 1. The second kappa shape index (κ2) is 4.90. The molecule has 0 aromatic rings. The van der Waals surface area contributed by atoms with Crippen LogP contribution >= 0.6 is 0 Å². The molecule has 6 nitrogen and oxygen atoms in total. The van der Waals surface area contributed by atoms with Crippen molar-refractivity contribution in [2.75, 3.05) is 0 Å². The number of esters is 2. The topological polar surface area (TPSA) is 82.1 Å². The highest BCUT2D eigenvalue weighted by atomic mass is 16.6. The highest BCUT2D eigenvalue weighted by Crippen LogP contribution is 2.70. The molecule has 8 atom stereocenters. The average Bonchev–Trinajstić information content (AvgIpc) is 3.11. The highest BCUT2D eigenvalue weighted by molar-refractivity contribution is 5.85. The maximum absolute atomic E-state index is 12.5. The minimum Gasteiger partial charge on any atom is -0.461 e. The minimum absolute atomic E-state index is 0.0205. The van der Waals surface area contributed by atoms with Gasteiger partial charge in [-0.05, 0) is 32.1 Å². The number of hydrogen-bond acceptors (Lipinski definition) is 6. The van der Waals surface area contributed by atoms with Gasteiger partial charge < -0.3 is 19.3 Å². The molecule has 4 fully saturated rings. The minimum atomic E-state index is -1.22. The smallest absolute Gasteiger partial charge is 0.333 e. The van der Waals surface area contributed by atoms with Crippen LogP contribution in [0.2, 0.25) is 0 Å². The Hall–Kier alpha value is -1.40. The number of aliphatic hydroxyl groups is 1. The van der Waals surface area contributed by atoms with E-state index in [1.165, 1.54) is 6.08 Å². The fourth-order valence-electron chi connectivity index (χ4n) is 6.92. The Bertz CT molecular complexity index is 730. The standard InChI is InChI=1S/C20H26O6/c1-18-8-12(10-7-15(21)25-16(10)22)26-19(18,2)9-14-20(3)11(17(23)24-14)5-4-6-13(18)20/h7,11-14,16,22H,4-6,8-9H2,1-3H3/t11-,12-,13-,14-,16?,18+,19-,20+/m0/s1. The Morgan fingerprint density at radius 2 is 1.88 bits per heavy atom. The van der Waals surface area contributed by atoms with Gasteiger partial charge in [0.05, 0.1) is 17.6 Å². The molecule has 0 amide bonds. The van der Waals surface area contributed by atoms with Crippen LogP contribution in [0.1, 0.15) is 52.9 Å². The van der Waals surface area contributed by atoms with Gasteiger partial charge in [0.25, 0.3) is 0 Å². The molecule has 2 saturated heterocycles. The van der Waals surface area contributed by atoms with E-state index in [1.807, 2.05) is 0 Å². The van der Waals surface area contributed by atoms with Gasteiger partial charge >= 0.3 is 11.9 Å². The first-order chi connectivity index (χ1) is 12.2. The van der Waals surface area contributed by atoms with Crippen LogP contribution in [0, 0.1) is 22.7 Å². The van der Waals surface area contributed by atoms with Crippen LogP contribution in [0.5, 0.6) is 0 Å². The number of hydrogen-bond donors (Lipinski definition) is 1. The summed E-state index contributed by atoms with van der Waals surface area (Å²) in [5.74, 6) is -0.270. The predicted molar refractivity (Wildman–Crippen MR) is 89.6 cm³/mol. The summed E-state index contributed by atoms with van der Waals surface area (Å²) in [6, 6.07) is 0. The van der Waals surface area contributed by atoms with Crippen molar-refractivity contribution in [2.45, 2.75) is 77.0 Å². The zero-order valence-corrected chi connectivity index (χ0v) is 15.5. The molecular formula is C20H26O6. The number of rotatable bonds is 1. The third kappa shape index (κ3) is 1.80. The van der Waals surface area contributed by atoms with Crippen molar-refractivity contribution in [3.05, 3.63) is 11.6 Å². The summed E-state index contributed by atoms with van der Waals surface area (Å²) in [6.07, 6.45) is 4.05. The number of ether oxygens (including phenoxy) is 3. The molecule has 26 heavy (non-hydrogen) atoms. The molecule has 3 aliphatic heterocycles. The Labute approximate surface area is 152 Å². The molecule has 6 heteroatoms. The molecule has 142 valence electrons. The van der Waals surface area contributed by atoms with Crippen molar-refractivity contribution >= 4 is 11.9 Å². The molecule has 1 N–H and O–H groups in total. The summed E-state index contributed by atoms with van der Waals surface area (Å²) >= 11 is 0. The molecule has 0 aromatic carbocycles. The number of carbonyl (C=O) groups excluding carboxylic acids is 2. The lowest BCUT2D eigenvalue weighted by molar-refractivity contribution is -0.195. The van der Waals surface area contributed by atoms with Crippen LogP contribution in [0.4, 0.5) is 0 Å². The third-order valence-corrected chi connectivity index (χ3v) is 8.46. The summed E-state index contributed by atoms with van der Waals surface area (Å²) in [5, 5.41) is 10.1. The number of fused-ring (bicyclic) bond motifs is 2. The van der Waals surface area contributed by atoms with E-state index in [0.717, 1.165) is 25.7 Å². The molecule has 0 bridgehead atoms. The van der Waals surface area contributed by atoms with E-state index < -0.39 is 17.9 Å². The maximum atomic E-state index is 12.5. The maximum Gasteiger partial charge on any atom is 0.333 e. The molecule has 5 aliphatic rings. The molecule has 2 aliphatic carbocycles. The first-order valence-electron chi connectivity index (χ1n) is 9.67. The van der Waals surface area contributed by atoms with Gasteiger partial charge in [0.15, 0.2) is 0 Å². The Morgan fingerprint density at radius 1 is 1.12 bits per heavy atom. The Balaban J connectivity index is 1.55. The lowest BCUT2D eigenvalue weighted by atomic mass is 9.44. The number of cyclic esters (lactones) is 1. The molecule has 0 radical (unpaired) electrons. The van der Waals surface area contributed by atoms with Crippen molar-refractivity contribution in [1.82, 2.24) is 0 Å². The lowest BCUT2D eigenvalue weighted by Crippen LogP contribution is -2.62. The van der Waals surface area contributed by atoms with Crippen LogP contribution in [-0.4, -0.2) is 41.1 Å². The molecule has 1 unspecified atom stereocenters. The zero-order chi connectivity index (χ0) is 18.5. The van der Waals surface area contributed by atoms with Gasteiger partial charge in [-0.2, -0.15) is 0 Å². The molecule has 2 saturated carbocycles. The lowest BCUT2D eigenvalue weighted by Gasteiger charge is -2.60. The van der Waals surface area contributed by atoms with Crippen molar-refractivity contribution in [1.29, 1.82) is 0 Å². The fourth-order valence-corrected chi connectivity index (χ4v) is 6.92. The van der Waals surface area contributed by atoms with Gasteiger partial charge in [-0.25, -0.2) is 4.79 Å². The Kier molecular flexibility index (Phi) is 3.16. The van der Waals surface area contributed by atoms with E-state index in [0.29, 0.717) is 17.9 Å². The molecule has 5 rings (SSSR count). The molecular weight excluding hydrogens is 336 g/mol. The van der Waals surface area contributed by atoms with E-state index in [-0.39, 0.29) is 34.9 Å². The van der Waals surface area contributed by atoms with Gasteiger partial charge in [0.1, 0.15) is 6.10 Å². The summed E-state index contributed by atoms with van der Waals surface area (Å²) in [6.45, 7) is 6.59. The second-order valence-electron chi connectivity index (χ2n) is 9.42. The van der Waals surface area contributed by atoms with Crippen molar-refractivity contribution in [3.63, 3.8) is 0 Å². The average molecular weight is 362 g/mol. The first kappa shape index (κ1) is 16.8. The largest absolute Gasteiger partial charge is 0.461 e. The van der Waals surface area contributed by atoms with Crippen LogP contribution in [-0.2, 0) is 23.8 Å². The second-order valence-corrected chi connectivity index (χ2v) is 9.42. The fraction of sp³-hybridized carbons (Fsp3) is 0.800. The molecule has 3 heterocycles. The van der Waals surface area contributed by atoms with Crippen molar-refractivity contribution in [2.24, 2.45) is 22.7 Å². The van der Waals surface area contributed by atoms with Gasteiger partial charge in [0, 0.05) is 28.9 Å². The van der Waals surface area contributed by atoms with Crippen LogP contribution in [0.25, 0.3) is 0 Å². The SMILES string of the molecule is C[C@]12[C@@H]3C[C@]4(C)O[C@H](C5=CC(=O)OC5O)C[C@]4(C)[C@@H]1CCC[C@H]2C(=O)O3. The van der Waals surface area contributed by atoms with Gasteiger partial charge in [-0.1, -0.05) is 20.3 Å². The van der Waals surface area contributed by atoms with E-state index >= 15 is 0 Å². The number of carbonyl (C=O) groups is 2. The summed E-state index contributed by atoms with van der Waals surface area (Å²) < 4.78 is 17.2. The summed E-state index contributed by atoms with van der Waals surface area (Å²) in [5.41, 5.74) is -0.254. The van der Waals surface area contributed by atoms with E-state index in [2.05, 4.69) is 20.8 Å². The summed E-state index contributed by atoms with van der Waals surface area (Å²) in [4.78, 5) is 24.0. The van der Waals surface area contributed by atoms with E-state index in [1.54, 1.807) is 0 Å². The van der Waals surface area contributed by atoms with E-state index in [9.17, 15) is 14.7 Å². The third-order valence-electron chi connectivity index (χ3n) is 8.46.